The number of rotatable bonds is 4. The molecule has 1 aliphatic heterocycles. The molecule has 1 amide bonds. The summed E-state index contributed by atoms with van der Waals surface area (Å²) in [5, 5.41) is 5.12. The first-order chi connectivity index (χ1) is 14.8. The molecule has 4 aromatic rings. The maximum Gasteiger partial charge on any atom is 0.230 e. The molecular formula is C23H21N5O2. The first-order valence-corrected chi connectivity index (χ1v) is 10.1. The van der Waals surface area contributed by atoms with Gasteiger partial charge in [0.2, 0.25) is 17.6 Å². The molecule has 150 valence electrons. The Morgan fingerprint density at radius 2 is 1.83 bits per heavy atom. The molecule has 0 bridgehead atoms. The molecule has 0 unspecified atom stereocenters. The van der Waals surface area contributed by atoms with Crippen molar-refractivity contribution in [3.63, 3.8) is 0 Å². The number of likely N-dealkylation sites (tertiary alicyclic amines) is 1. The third kappa shape index (κ3) is 3.66. The molecule has 4 heterocycles. The van der Waals surface area contributed by atoms with E-state index in [0.29, 0.717) is 36.9 Å². The minimum Gasteiger partial charge on any atom is -0.342 e. The summed E-state index contributed by atoms with van der Waals surface area (Å²) in [5.74, 6) is 1.43. The smallest absolute Gasteiger partial charge is 0.230 e. The number of amides is 1. The number of carbonyl (C=O) groups excluding carboxylic acids is 1. The fraction of sp³-hybridized carbons (Fsp3) is 0.261. The van der Waals surface area contributed by atoms with E-state index in [-0.39, 0.29) is 11.8 Å². The summed E-state index contributed by atoms with van der Waals surface area (Å²) in [6.45, 7) is 1.37. The van der Waals surface area contributed by atoms with E-state index in [1.165, 1.54) is 0 Å². The Bertz CT molecular complexity index is 1160. The molecule has 3 aromatic heterocycles. The van der Waals surface area contributed by atoms with E-state index in [4.69, 9.17) is 4.52 Å². The maximum atomic E-state index is 12.9. The van der Waals surface area contributed by atoms with Crippen molar-refractivity contribution in [2.24, 2.45) is 0 Å². The third-order valence-electron chi connectivity index (χ3n) is 5.59. The van der Waals surface area contributed by atoms with Gasteiger partial charge in [-0.25, -0.2) is 0 Å². The molecule has 7 nitrogen and oxygen atoms in total. The van der Waals surface area contributed by atoms with Crippen LogP contribution < -0.4 is 0 Å². The molecule has 0 spiro atoms. The number of piperidine rings is 1. The van der Waals surface area contributed by atoms with Crippen molar-refractivity contribution in [1.29, 1.82) is 0 Å². The van der Waals surface area contributed by atoms with E-state index in [2.05, 4.69) is 20.1 Å². The Balaban J connectivity index is 1.23. The van der Waals surface area contributed by atoms with Crippen LogP contribution in [0.1, 0.15) is 30.2 Å². The molecule has 30 heavy (non-hydrogen) atoms. The molecule has 0 atom stereocenters. The molecule has 1 aliphatic rings. The highest BCUT2D eigenvalue weighted by atomic mass is 16.5. The Labute approximate surface area is 173 Å². The van der Waals surface area contributed by atoms with Gasteiger partial charge in [-0.05, 0) is 36.6 Å². The topological polar surface area (TPSA) is 85.0 Å². The molecule has 0 radical (unpaired) electrons. The van der Waals surface area contributed by atoms with Gasteiger partial charge in [0.1, 0.15) is 5.69 Å². The number of aromatic nitrogens is 4. The number of nitrogens with zero attached hydrogens (tertiary/aromatic N) is 5. The molecule has 1 saturated heterocycles. The Morgan fingerprint density at radius 3 is 2.67 bits per heavy atom. The highest BCUT2D eigenvalue weighted by Crippen LogP contribution is 2.28. The number of pyridine rings is 2. The predicted octanol–water partition coefficient (Wildman–Crippen LogP) is 3.63. The van der Waals surface area contributed by atoms with E-state index in [1.54, 1.807) is 12.4 Å². The normalized spacial score (nSPS) is 14.9. The van der Waals surface area contributed by atoms with E-state index < -0.39 is 0 Å². The van der Waals surface area contributed by atoms with Crippen LogP contribution >= 0.6 is 0 Å². The van der Waals surface area contributed by atoms with Crippen LogP contribution in [0.3, 0.4) is 0 Å². The number of para-hydroxylation sites is 1. The lowest BCUT2D eigenvalue weighted by atomic mass is 9.96. The van der Waals surface area contributed by atoms with Crippen molar-refractivity contribution in [2.75, 3.05) is 13.1 Å². The fourth-order valence-electron chi connectivity index (χ4n) is 3.96. The van der Waals surface area contributed by atoms with Crippen LogP contribution in [0.5, 0.6) is 0 Å². The summed E-state index contributed by atoms with van der Waals surface area (Å²) in [6, 6.07) is 15.5. The van der Waals surface area contributed by atoms with Crippen LogP contribution in [0.25, 0.3) is 22.4 Å². The molecule has 1 aromatic carbocycles. The van der Waals surface area contributed by atoms with Crippen LogP contribution in [0.2, 0.25) is 0 Å². The predicted molar refractivity (Wildman–Crippen MR) is 112 cm³/mol. The van der Waals surface area contributed by atoms with Gasteiger partial charge in [-0.2, -0.15) is 4.98 Å². The van der Waals surface area contributed by atoms with Crippen molar-refractivity contribution in [2.45, 2.75) is 25.2 Å². The van der Waals surface area contributed by atoms with Crippen molar-refractivity contribution in [3.8, 4) is 11.5 Å². The first kappa shape index (κ1) is 18.4. The average Bonchev–Trinajstić information content (AvgIpc) is 3.30. The van der Waals surface area contributed by atoms with E-state index in [1.807, 2.05) is 53.4 Å². The molecule has 7 heteroatoms. The van der Waals surface area contributed by atoms with Crippen molar-refractivity contribution < 1.29 is 9.32 Å². The minimum absolute atomic E-state index is 0.131. The summed E-state index contributed by atoms with van der Waals surface area (Å²) < 4.78 is 5.49. The molecular weight excluding hydrogens is 378 g/mol. The summed E-state index contributed by atoms with van der Waals surface area (Å²) in [7, 11) is 0. The highest BCUT2D eigenvalue weighted by molar-refractivity contribution is 5.87. The molecule has 0 saturated carbocycles. The van der Waals surface area contributed by atoms with Crippen molar-refractivity contribution >= 4 is 16.8 Å². The molecule has 0 N–H and O–H groups in total. The monoisotopic (exact) mass is 399 g/mol. The second kappa shape index (κ2) is 8.02. The van der Waals surface area contributed by atoms with Crippen LogP contribution in [-0.4, -0.2) is 44.0 Å². The van der Waals surface area contributed by atoms with Gasteiger partial charge in [-0.15, -0.1) is 0 Å². The average molecular weight is 399 g/mol. The zero-order valence-electron chi connectivity index (χ0n) is 16.4. The number of hydrogen-bond donors (Lipinski definition) is 0. The van der Waals surface area contributed by atoms with E-state index in [9.17, 15) is 4.79 Å². The molecule has 0 aliphatic carbocycles. The number of fused-ring (bicyclic) bond motifs is 1. The minimum atomic E-state index is 0.131. The summed E-state index contributed by atoms with van der Waals surface area (Å²) in [6.07, 6.45) is 5.46. The second-order valence-corrected chi connectivity index (χ2v) is 7.50. The summed E-state index contributed by atoms with van der Waals surface area (Å²) >= 11 is 0. The lowest BCUT2D eigenvalue weighted by Gasteiger charge is -2.30. The Morgan fingerprint density at radius 1 is 1.00 bits per heavy atom. The fourth-order valence-corrected chi connectivity index (χ4v) is 3.96. The standard InChI is InChI=1S/C23H21N5O2/c29-20(15-18-6-3-5-16-7-4-12-25-21(16)18)28-13-9-17(10-14-28)23-26-22(27-30-23)19-8-1-2-11-24-19/h1-8,11-12,17H,9-10,13-15H2. The van der Waals surface area contributed by atoms with Crippen molar-refractivity contribution in [3.05, 3.63) is 72.4 Å². The van der Waals surface area contributed by atoms with Crippen molar-refractivity contribution in [1.82, 2.24) is 25.0 Å². The van der Waals surface area contributed by atoms with Gasteiger partial charge >= 0.3 is 0 Å². The largest absolute Gasteiger partial charge is 0.342 e. The van der Waals surface area contributed by atoms with E-state index >= 15 is 0 Å². The van der Waals surface area contributed by atoms with Gasteiger partial charge < -0.3 is 9.42 Å². The Kier molecular flexibility index (Phi) is 4.93. The van der Waals surface area contributed by atoms with Gasteiger partial charge in [-0.1, -0.05) is 35.5 Å². The number of hydrogen-bond acceptors (Lipinski definition) is 6. The summed E-state index contributed by atoms with van der Waals surface area (Å²) in [5.41, 5.74) is 2.57. The van der Waals surface area contributed by atoms with Gasteiger partial charge in [0.15, 0.2) is 0 Å². The number of carbonyl (C=O) groups is 1. The second-order valence-electron chi connectivity index (χ2n) is 7.50. The highest BCUT2D eigenvalue weighted by Gasteiger charge is 2.28. The van der Waals surface area contributed by atoms with Crippen LogP contribution in [0.15, 0.2) is 65.4 Å². The van der Waals surface area contributed by atoms with E-state index in [0.717, 1.165) is 29.3 Å². The number of benzene rings is 1. The van der Waals surface area contributed by atoms with Crippen LogP contribution in [0, 0.1) is 0 Å². The summed E-state index contributed by atoms with van der Waals surface area (Å²) in [4.78, 5) is 28.0. The lowest BCUT2D eigenvalue weighted by molar-refractivity contribution is -0.131. The maximum absolute atomic E-state index is 12.9. The zero-order chi connectivity index (χ0) is 20.3. The lowest BCUT2D eigenvalue weighted by Crippen LogP contribution is -2.38. The van der Waals surface area contributed by atoms with Gasteiger partial charge in [0, 0.05) is 36.8 Å². The molecule has 5 rings (SSSR count). The first-order valence-electron chi connectivity index (χ1n) is 10.1. The third-order valence-corrected chi connectivity index (χ3v) is 5.59. The Hall–Kier alpha value is -3.61. The van der Waals surface area contributed by atoms with Gasteiger partial charge in [-0.3, -0.25) is 14.8 Å². The van der Waals surface area contributed by atoms with Crippen LogP contribution in [0.4, 0.5) is 0 Å². The SMILES string of the molecule is O=C(Cc1cccc2cccnc12)N1CCC(c2nc(-c3ccccn3)no2)CC1. The van der Waals surface area contributed by atoms with Crippen LogP contribution in [-0.2, 0) is 11.2 Å². The van der Waals surface area contributed by atoms with Gasteiger partial charge in [0.25, 0.3) is 0 Å². The zero-order valence-corrected chi connectivity index (χ0v) is 16.4. The van der Waals surface area contributed by atoms with Gasteiger partial charge in [0.05, 0.1) is 11.9 Å². The quantitative estimate of drug-likeness (QED) is 0.521. The molecule has 1 fully saturated rings.